The lowest BCUT2D eigenvalue weighted by atomic mass is 10.0. The molecule has 0 unspecified atom stereocenters. The van der Waals surface area contributed by atoms with Crippen molar-refractivity contribution in [1.82, 2.24) is 22.8 Å². The van der Waals surface area contributed by atoms with Gasteiger partial charge in [0, 0.05) is 56.2 Å². The van der Waals surface area contributed by atoms with Crippen molar-refractivity contribution < 1.29 is 22.8 Å². The summed E-state index contributed by atoms with van der Waals surface area (Å²) < 4.78 is 23.4. The zero-order valence-corrected chi connectivity index (χ0v) is 79.3. The quantitative estimate of drug-likeness (QED) is 0.0937. The zero-order chi connectivity index (χ0) is 87.7. The number of hydrogen-bond acceptors (Lipinski definition) is 0. The number of rotatable bonds is 5. The molecule has 0 N–H and O–H groups in total. The number of hydrogen-bond donors (Lipinski definition) is 0. The van der Waals surface area contributed by atoms with Crippen LogP contribution in [0.25, 0.3) is 141 Å². The Labute approximate surface area is 705 Å². The first-order valence-electron chi connectivity index (χ1n) is 44.7. The Morgan fingerprint density at radius 3 is 0.966 bits per heavy atom. The summed E-state index contributed by atoms with van der Waals surface area (Å²) in [5.74, 6) is 6.51. The normalized spacial score (nSPS) is 10.2. The van der Waals surface area contributed by atoms with Crippen LogP contribution in [0.2, 0.25) is 0 Å². The molecule has 0 aliphatic carbocycles. The van der Waals surface area contributed by atoms with Crippen molar-refractivity contribution in [3.05, 3.63) is 248 Å². The first-order chi connectivity index (χ1) is 57.1. The van der Waals surface area contributed by atoms with Crippen LogP contribution in [0.1, 0.15) is 202 Å². The fourth-order valence-electron chi connectivity index (χ4n) is 15.8. The third-order valence-corrected chi connectivity index (χ3v) is 21.4. The van der Waals surface area contributed by atoms with E-state index in [1.165, 1.54) is 170 Å². The summed E-state index contributed by atoms with van der Waals surface area (Å²) in [7, 11) is 10.7. The maximum absolute atomic E-state index is 2.42. The van der Waals surface area contributed by atoms with Crippen molar-refractivity contribution in [3.8, 4) is 0 Å². The first kappa shape index (κ1) is 98.7. The maximum atomic E-state index is 2.42. The van der Waals surface area contributed by atoms with Crippen LogP contribution in [0, 0.1) is 34.6 Å². The van der Waals surface area contributed by atoms with E-state index in [0.717, 1.165) is 32.7 Å². The second kappa shape index (κ2) is 48.7. The van der Waals surface area contributed by atoms with Gasteiger partial charge >= 0.3 is 0 Å². The highest BCUT2D eigenvalue weighted by Gasteiger charge is 2.26. The van der Waals surface area contributed by atoms with E-state index < -0.39 is 0 Å². The molecule has 0 saturated heterocycles. The standard InChI is InChI=1S/3C19H19N2.2C15H17N2.10C2H6/c1-4-21-13(2)20(3)18-10-9-16-11-14-7-5-6-8-15(14)12-17(16)19(18)21;1-4-21-13(2)20(3)17-12-11-15-10-9-14-7-5-6-8-16(14)18(15)19(17)21;1-4-21-13(2)20(3)18-12-11-16-15-8-6-5-7-14(15)9-10-17(16)19(18)21;1-4-17-11(2)16(3)14-9-12-7-5-6-8-13(12)10-15(14)17;1-4-17-11(2)16(3)14-10-9-12-7-5-6-8-13(12)15(14)17;10*1-2/h3*5-12H,4H2,1-3H3;2*5-10H,4H2,1-3H3;10*1-2H3/q5*+1;;;;;;;;;;. The van der Waals surface area contributed by atoms with Gasteiger partial charge in [0.15, 0.2) is 55.2 Å². The molecule has 5 aromatic heterocycles. The summed E-state index contributed by atoms with van der Waals surface area (Å²) in [5, 5.41) is 21.2. The van der Waals surface area contributed by atoms with Gasteiger partial charge < -0.3 is 0 Å². The van der Waals surface area contributed by atoms with Gasteiger partial charge in [-0.05, 0) is 184 Å². The summed E-state index contributed by atoms with van der Waals surface area (Å²) in [6.45, 7) is 67.0. The van der Waals surface area contributed by atoms with E-state index in [1.54, 1.807) is 0 Å². The van der Waals surface area contributed by atoms with Crippen LogP contribution in [-0.4, -0.2) is 22.8 Å². The lowest BCUT2D eigenvalue weighted by Gasteiger charge is -2.05. The fraction of sp³-hybridized carbons (Fsp3) is 0.374. The van der Waals surface area contributed by atoms with E-state index in [-0.39, 0.29) is 0 Å². The number of nitrogens with zero attached hydrogens (tertiary/aromatic N) is 10. The molecule has 0 bridgehead atoms. The van der Waals surface area contributed by atoms with Crippen molar-refractivity contribution in [2.45, 2.75) is 240 Å². The molecule has 0 spiro atoms. The van der Waals surface area contributed by atoms with Crippen LogP contribution in [0.3, 0.4) is 0 Å². The highest BCUT2D eigenvalue weighted by Crippen LogP contribution is 2.34. The van der Waals surface area contributed by atoms with Crippen LogP contribution in [0.4, 0.5) is 0 Å². The summed E-state index contributed by atoms with van der Waals surface area (Å²) in [4.78, 5) is 0. The van der Waals surface area contributed by atoms with E-state index in [2.05, 4.69) is 369 Å². The van der Waals surface area contributed by atoms with E-state index in [9.17, 15) is 0 Å². The molecular formula is C107H151N10+5. The average molecular weight is 1580 g/mol. The molecule has 0 aliphatic heterocycles. The van der Waals surface area contributed by atoms with Crippen molar-refractivity contribution in [1.29, 1.82) is 0 Å². The van der Waals surface area contributed by atoms with E-state index in [0.29, 0.717) is 0 Å². The minimum Gasteiger partial charge on any atom is -0.230 e. The molecule has 10 nitrogen and oxygen atoms in total. The second-order valence-corrected chi connectivity index (χ2v) is 26.1. The van der Waals surface area contributed by atoms with Crippen LogP contribution in [0.15, 0.2) is 218 Å². The summed E-state index contributed by atoms with van der Waals surface area (Å²) in [5.41, 5.74) is 13.3. The Morgan fingerprint density at radius 2 is 0.521 bits per heavy atom. The number of fused-ring (bicyclic) bond motifs is 19. The van der Waals surface area contributed by atoms with Crippen molar-refractivity contribution >= 4 is 141 Å². The Kier molecular flexibility index (Phi) is 41.1. The van der Waals surface area contributed by atoms with Gasteiger partial charge in [-0.15, -0.1) is 0 Å². The third-order valence-electron chi connectivity index (χ3n) is 21.4. The van der Waals surface area contributed by atoms with Crippen molar-refractivity contribution in [2.75, 3.05) is 0 Å². The van der Waals surface area contributed by atoms with Gasteiger partial charge in [-0.1, -0.05) is 272 Å². The van der Waals surface area contributed by atoms with Gasteiger partial charge in [0.1, 0.15) is 0 Å². The van der Waals surface area contributed by atoms with Gasteiger partial charge in [0.25, 0.3) is 29.1 Å². The van der Waals surface area contributed by atoms with Crippen LogP contribution in [-0.2, 0) is 68.0 Å². The maximum Gasteiger partial charge on any atom is 0.254 e. The molecule has 18 rings (SSSR count). The van der Waals surface area contributed by atoms with Crippen LogP contribution >= 0.6 is 0 Å². The monoisotopic (exact) mass is 1580 g/mol. The summed E-state index contributed by atoms with van der Waals surface area (Å²) >= 11 is 0. The third kappa shape index (κ3) is 20.1. The minimum absolute atomic E-state index is 0.992. The molecule has 0 amide bonds. The number of aromatic nitrogens is 10. The molecule has 0 fully saturated rings. The molecule has 13 aromatic carbocycles. The molecule has 5 heterocycles. The molecule has 0 aliphatic rings. The van der Waals surface area contributed by atoms with Gasteiger partial charge in [0.05, 0.1) is 68.0 Å². The Bertz CT molecular complexity index is 6040. The highest BCUT2D eigenvalue weighted by molar-refractivity contribution is 6.18. The minimum atomic E-state index is 0.992. The molecule has 624 valence electrons. The topological polar surface area (TPSA) is 44.0 Å². The van der Waals surface area contributed by atoms with Crippen LogP contribution in [0.5, 0.6) is 0 Å². The lowest BCUT2D eigenvalue weighted by molar-refractivity contribution is -0.674. The van der Waals surface area contributed by atoms with Crippen LogP contribution < -0.4 is 22.8 Å². The molecule has 0 saturated carbocycles. The van der Waals surface area contributed by atoms with Crippen molar-refractivity contribution in [2.24, 2.45) is 35.2 Å². The van der Waals surface area contributed by atoms with Gasteiger partial charge in [-0.25, -0.2) is 45.7 Å². The lowest BCUT2D eigenvalue weighted by Crippen LogP contribution is -2.35. The van der Waals surface area contributed by atoms with Gasteiger partial charge in [-0.2, -0.15) is 0 Å². The molecule has 10 heteroatoms. The first-order valence-corrected chi connectivity index (χ1v) is 44.7. The van der Waals surface area contributed by atoms with E-state index in [1.807, 2.05) is 138 Å². The fourth-order valence-corrected chi connectivity index (χ4v) is 15.8. The molecule has 0 radical (unpaired) electrons. The largest absolute Gasteiger partial charge is 0.254 e. The highest BCUT2D eigenvalue weighted by atomic mass is 15.2. The Morgan fingerprint density at radius 1 is 0.231 bits per heavy atom. The average Bonchev–Trinajstić information content (AvgIpc) is 1.64. The molecule has 117 heavy (non-hydrogen) atoms. The Hall–Kier alpha value is -10.7. The summed E-state index contributed by atoms with van der Waals surface area (Å²) in [6, 6.07) is 79.1. The van der Waals surface area contributed by atoms with E-state index >= 15 is 0 Å². The summed E-state index contributed by atoms with van der Waals surface area (Å²) in [6.07, 6.45) is 0. The predicted octanol–water partition coefficient (Wildman–Crippen LogP) is 28.5. The number of aryl methyl sites for hydroxylation is 10. The molecular weight excluding hydrogens is 1430 g/mol. The van der Waals surface area contributed by atoms with E-state index in [4.69, 9.17) is 0 Å². The van der Waals surface area contributed by atoms with Crippen molar-refractivity contribution in [3.63, 3.8) is 0 Å². The Balaban J connectivity index is 0.000000292. The zero-order valence-electron chi connectivity index (χ0n) is 79.3. The number of imidazole rings is 5. The second-order valence-electron chi connectivity index (χ2n) is 26.1. The van der Waals surface area contributed by atoms with Gasteiger partial charge in [0.2, 0.25) is 0 Å². The number of benzene rings is 13. The SMILES string of the molecule is CC.CC.CC.CC.CC.CC.CC.CC.CC.CC.CC[n+]1c(C)n(C)c2ccc3c4ccccc4ccc3c21.CC[n+]1c(C)n(C)c2ccc3cc4ccccc4cc3c21.CC[n+]1c(C)n(C)c2ccc3ccc4ccccc4c3c21.CC[n+]1c(C)n(C)c2ccc3ccccc3c21.CCn1c(C)[n+](C)c2cc3ccccc3cc21. The van der Waals surface area contributed by atoms with Gasteiger partial charge in [-0.3, -0.25) is 0 Å². The molecule has 0 atom stereocenters. The predicted molar refractivity (Wildman–Crippen MR) is 521 cm³/mol. The molecule has 18 aromatic rings. The smallest absolute Gasteiger partial charge is 0.230 e.